The average Bonchev–Trinajstić information content (AvgIpc) is 2.50. The molecule has 0 bridgehead atoms. The van der Waals surface area contributed by atoms with Crippen molar-refractivity contribution < 1.29 is 0 Å². The molecule has 0 amide bonds. The van der Waals surface area contributed by atoms with Gasteiger partial charge in [-0.25, -0.2) is 4.98 Å². The maximum Gasteiger partial charge on any atom is 0.174 e. The first-order chi connectivity index (χ1) is 5.42. The molecule has 2 aromatic rings. The predicted octanol–water partition coefficient (Wildman–Crippen LogP) is 0.166. The molecule has 2 rings (SSSR count). The number of nitrogens with zero attached hydrogens (tertiary/aromatic N) is 4. The first kappa shape index (κ1) is 6.09. The predicted molar refractivity (Wildman–Crippen MR) is 40.3 cm³/mol. The summed E-state index contributed by atoms with van der Waals surface area (Å²) < 4.78 is 1.80. The van der Waals surface area contributed by atoms with Gasteiger partial charge in [0.1, 0.15) is 18.2 Å². The molecule has 0 saturated heterocycles. The van der Waals surface area contributed by atoms with Crippen LogP contribution in [0.4, 0.5) is 5.82 Å². The van der Waals surface area contributed by atoms with Gasteiger partial charge in [-0.15, -0.1) is 10.2 Å². The molecule has 11 heavy (non-hydrogen) atoms. The van der Waals surface area contributed by atoms with Gasteiger partial charge in [0.05, 0.1) is 6.20 Å². The van der Waals surface area contributed by atoms with E-state index in [2.05, 4.69) is 20.5 Å². The second-order valence-electron chi connectivity index (χ2n) is 2.12. The van der Waals surface area contributed by atoms with Crippen molar-refractivity contribution in [2.24, 2.45) is 0 Å². The van der Waals surface area contributed by atoms with E-state index in [1.54, 1.807) is 30.3 Å². The molecule has 0 spiro atoms. The molecule has 1 N–H and O–H groups in total. The quantitative estimate of drug-likeness (QED) is 0.627. The summed E-state index contributed by atoms with van der Waals surface area (Å²) in [6.45, 7) is 0. The zero-order chi connectivity index (χ0) is 7.68. The summed E-state index contributed by atoms with van der Waals surface area (Å²) in [7, 11) is 1.80. The number of hydrogen-bond donors (Lipinski definition) is 1. The summed E-state index contributed by atoms with van der Waals surface area (Å²) in [5.74, 6) is 0.741. The molecule has 5 heteroatoms. The third-order valence-corrected chi connectivity index (χ3v) is 1.48. The summed E-state index contributed by atoms with van der Waals surface area (Å²) in [5, 5.41) is 10.6. The number of nitrogens with one attached hydrogen (secondary N) is 1. The molecule has 2 heterocycles. The van der Waals surface area contributed by atoms with Gasteiger partial charge in [0.25, 0.3) is 0 Å². The highest BCUT2D eigenvalue weighted by atomic mass is 15.2. The van der Waals surface area contributed by atoms with Gasteiger partial charge in [0.15, 0.2) is 5.82 Å². The minimum atomic E-state index is 0.741. The standard InChI is InChI=1S/C6H7N5/c1-7-6-5-2-8-3-11(5)4-9-10-6/h2-4H,1H3,(H,7,10). The molecule has 0 aliphatic heterocycles. The van der Waals surface area contributed by atoms with Crippen molar-refractivity contribution in [2.75, 3.05) is 12.4 Å². The van der Waals surface area contributed by atoms with Crippen LogP contribution in [-0.2, 0) is 0 Å². The minimum absolute atomic E-state index is 0.741. The van der Waals surface area contributed by atoms with Crippen molar-refractivity contribution in [3.05, 3.63) is 18.9 Å². The van der Waals surface area contributed by atoms with Gasteiger partial charge >= 0.3 is 0 Å². The van der Waals surface area contributed by atoms with Crippen molar-refractivity contribution in [2.45, 2.75) is 0 Å². The Bertz CT molecular complexity index is 366. The summed E-state index contributed by atoms with van der Waals surface area (Å²) in [4.78, 5) is 3.95. The highest BCUT2D eigenvalue weighted by Gasteiger charge is 1.99. The van der Waals surface area contributed by atoms with Crippen molar-refractivity contribution in [1.82, 2.24) is 19.6 Å². The molecule has 0 aliphatic rings. The highest BCUT2D eigenvalue weighted by Crippen LogP contribution is 2.08. The van der Waals surface area contributed by atoms with Gasteiger partial charge in [-0.3, -0.25) is 4.40 Å². The third kappa shape index (κ3) is 0.813. The van der Waals surface area contributed by atoms with E-state index in [4.69, 9.17) is 0 Å². The van der Waals surface area contributed by atoms with E-state index in [1.165, 1.54) is 0 Å². The number of imidazole rings is 1. The van der Waals surface area contributed by atoms with Crippen LogP contribution in [0.25, 0.3) is 5.52 Å². The Hall–Kier alpha value is -1.65. The van der Waals surface area contributed by atoms with Gasteiger partial charge in [-0.1, -0.05) is 0 Å². The van der Waals surface area contributed by atoms with Gasteiger partial charge in [0.2, 0.25) is 0 Å². The molecule has 0 aliphatic carbocycles. The SMILES string of the molecule is CNc1nncn2cncc12. The maximum absolute atomic E-state index is 3.95. The van der Waals surface area contributed by atoms with Crippen molar-refractivity contribution >= 4 is 11.3 Å². The van der Waals surface area contributed by atoms with Crippen molar-refractivity contribution in [1.29, 1.82) is 0 Å². The van der Waals surface area contributed by atoms with Crippen LogP contribution in [0.5, 0.6) is 0 Å². The van der Waals surface area contributed by atoms with Crippen LogP contribution >= 0.6 is 0 Å². The molecule has 2 aromatic heterocycles. The van der Waals surface area contributed by atoms with Crippen LogP contribution in [0, 0.1) is 0 Å². The molecule has 56 valence electrons. The first-order valence-corrected chi connectivity index (χ1v) is 3.23. The minimum Gasteiger partial charge on any atom is -0.370 e. The van der Waals surface area contributed by atoms with E-state index in [-0.39, 0.29) is 0 Å². The fraction of sp³-hybridized carbons (Fsp3) is 0.167. The Kier molecular flexibility index (Phi) is 1.21. The summed E-state index contributed by atoms with van der Waals surface area (Å²) in [5.41, 5.74) is 0.933. The molecule has 0 radical (unpaired) electrons. The van der Waals surface area contributed by atoms with E-state index >= 15 is 0 Å². The summed E-state index contributed by atoms with van der Waals surface area (Å²) in [6, 6.07) is 0. The van der Waals surface area contributed by atoms with E-state index in [0.717, 1.165) is 11.3 Å². The Labute approximate surface area is 63.1 Å². The normalized spacial score (nSPS) is 10.3. The Morgan fingerprint density at radius 3 is 3.18 bits per heavy atom. The van der Waals surface area contributed by atoms with E-state index < -0.39 is 0 Å². The lowest BCUT2D eigenvalue weighted by atomic mass is 10.5. The molecule has 5 nitrogen and oxygen atoms in total. The van der Waals surface area contributed by atoms with Crippen LogP contribution in [0.15, 0.2) is 18.9 Å². The number of aromatic nitrogens is 4. The molecular formula is C6H7N5. The molecule has 0 saturated carbocycles. The van der Waals surface area contributed by atoms with E-state index in [0.29, 0.717) is 0 Å². The lowest BCUT2D eigenvalue weighted by molar-refractivity contribution is 0.947. The first-order valence-electron chi connectivity index (χ1n) is 3.23. The van der Waals surface area contributed by atoms with Crippen LogP contribution in [0.2, 0.25) is 0 Å². The van der Waals surface area contributed by atoms with Crippen molar-refractivity contribution in [3.8, 4) is 0 Å². The second-order valence-corrected chi connectivity index (χ2v) is 2.12. The Morgan fingerprint density at radius 2 is 2.36 bits per heavy atom. The van der Waals surface area contributed by atoms with Crippen LogP contribution in [0.1, 0.15) is 0 Å². The van der Waals surface area contributed by atoms with Gasteiger partial charge in [-0.05, 0) is 0 Å². The number of hydrogen-bond acceptors (Lipinski definition) is 4. The fourth-order valence-electron chi connectivity index (χ4n) is 0.949. The van der Waals surface area contributed by atoms with Crippen LogP contribution in [0.3, 0.4) is 0 Å². The summed E-state index contributed by atoms with van der Waals surface area (Å²) >= 11 is 0. The average molecular weight is 149 g/mol. The van der Waals surface area contributed by atoms with Gasteiger partial charge < -0.3 is 5.32 Å². The lowest BCUT2D eigenvalue weighted by Crippen LogP contribution is -1.97. The zero-order valence-corrected chi connectivity index (χ0v) is 6.02. The largest absolute Gasteiger partial charge is 0.370 e. The third-order valence-electron chi connectivity index (χ3n) is 1.48. The number of anilines is 1. The number of fused-ring (bicyclic) bond motifs is 1. The monoisotopic (exact) mass is 149 g/mol. The maximum atomic E-state index is 3.95. The number of rotatable bonds is 1. The lowest BCUT2D eigenvalue weighted by Gasteiger charge is -1.97. The van der Waals surface area contributed by atoms with Crippen LogP contribution < -0.4 is 5.32 Å². The Morgan fingerprint density at radius 1 is 1.45 bits per heavy atom. The zero-order valence-electron chi connectivity index (χ0n) is 6.02. The topological polar surface area (TPSA) is 55.1 Å². The van der Waals surface area contributed by atoms with Gasteiger partial charge in [0, 0.05) is 7.05 Å². The summed E-state index contributed by atoms with van der Waals surface area (Å²) in [6.07, 6.45) is 5.04. The van der Waals surface area contributed by atoms with Gasteiger partial charge in [-0.2, -0.15) is 0 Å². The fourth-order valence-corrected chi connectivity index (χ4v) is 0.949. The van der Waals surface area contributed by atoms with E-state index in [1.807, 2.05) is 0 Å². The molecule has 0 unspecified atom stereocenters. The molecule has 0 aromatic carbocycles. The smallest absolute Gasteiger partial charge is 0.174 e. The molecule has 0 atom stereocenters. The van der Waals surface area contributed by atoms with Crippen molar-refractivity contribution in [3.63, 3.8) is 0 Å². The molecule has 0 fully saturated rings. The Balaban J connectivity index is 2.79. The van der Waals surface area contributed by atoms with E-state index in [9.17, 15) is 0 Å². The molecular weight excluding hydrogens is 142 g/mol. The second kappa shape index (κ2) is 2.19. The highest BCUT2D eigenvalue weighted by molar-refractivity contribution is 5.65. The van der Waals surface area contributed by atoms with Crippen LogP contribution in [-0.4, -0.2) is 26.6 Å².